The van der Waals surface area contributed by atoms with Gasteiger partial charge >= 0.3 is 0 Å². The van der Waals surface area contributed by atoms with Gasteiger partial charge in [0.2, 0.25) is 5.82 Å². The molecule has 150 valence electrons. The second-order valence-electron chi connectivity index (χ2n) is 6.53. The van der Waals surface area contributed by atoms with Gasteiger partial charge in [-0.1, -0.05) is 46.9 Å². The van der Waals surface area contributed by atoms with E-state index in [0.717, 1.165) is 16.8 Å². The molecule has 5 nitrogen and oxygen atoms in total. The van der Waals surface area contributed by atoms with Crippen molar-refractivity contribution in [3.63, 3.8) is 0 Å². The third-order valence-electron chi connectivity index (χ3n) is 4.46. The Morgan fingerprint density at radius 3 is 2.40 bits per heavy atom. The van der Waals surface area contributed by atoms with Crippen LogP contribution in [-0.4, -0.2) is 20.7 Å². The first-order valence-corrected chi connectivity index (χ1v) is 10.1. The maximum absolute atomic E-state index is 12.8. The number of nitrogens with one attached hydrogen (secondary N) is 1. The molecule has 0 atom stereocenters. The lowest BCUT2D eigenvalue weighted by Crippen LogP contribution is -2.14. The van der Waals surface area contributed by atoms with Crippen molar-refractivity contribution in [1.82, 2.24) is 14.8 Å². The van der Waals surface area contributed by atoms with Crippen LogP contribution in [0.25, 0.3) is 17.1 Å². The molecule has 4 rings (SSSR count). The Bertz CT molecular complexity index is 1240. The van der Waals surface area contributed by atoms with Crippen LogP contribution in [0.5, 0.6) is 0 Å². The molecule has 0 radical (unpaired) electrons. The molecular formula is C22H15Cl3N4O. The third-order valence-corrected chi connectivity index (χ3v) is 5.36. The molecule has 0 saturated heterocycles. The van der Waals surface area contributed by atoms with Crippen LogP contribution in [0.2, 0.25) is 15.1 Å². The summed E-state index contributed by atoms with van der Waals surface area (Å²) >= 11 is 18.3. The molecule has 0 bridgehead atoms. The van der Waals surface area contributed by atoms with Gasteiger partial charge in [0.1, 0.15) is 0 Å². The van der Waals surface area contributed by atoms with Crippen LogP contribution < -0.4 is 5.32 Å². The summed E-state index contributed by atoms with van der Waals surface area (Å²) in [6.07, 6.45) is 0. The predicted octanol–water partition coefficient (Wildman–Crippen LogP) is 6.46. The molecule has 0 spiro atoms. The second-order valence-corrected chi connectivity index (χ2v) is 7.81. The lowest BCUT2D eigenvalue weighted by atomic mass is 10.1. The Morgan fingerprint density at radius 1 is 0.933 bits per heavy atom. The summed E-state index contributed by atoms with van der Waals surface area (Å²) in [4.78, 5) is 17.3. The van der Waals surface area contributed by atoms with Crippen molar-refractivity contribution in [2.75, 3.05) is 5.32 Å². The number of halogens is 3. The lowest BCUT2D eigenvalue weighted by molar-refractivity contribution is 0.101. The van der Waals surface area contributed by atoms with Crippen molar-refractivity contribution in [3.05, 3.63) is 93.2 Å². The lowest BCUT2D eigenvalue weighted by Gasteiger charge is -2.10. The summed E-state index contributed by atoms with van der Waals surface area (Å²) in [5, 5.41) is 8.95. The minimum atomic E-state index is -0.453. The maximum Gasteiger partial charge on any atom is 0.295 e. The Hall–Kier alpha value is -2.86. The van der Waals surface area contributed by atoms with Crippen molar-refractivity contribution in [3.8, 4) is 17.1 Å². The van der Waals surface area contributed by atoms with E-state index >= 15 is 0 Å². The van der Waals surface area contributed by atoms with E-state index in [1.54, 1.807) is 47.1 Å². The van der Waals surface area contributed by atoms with Gasteiger partial charge < -0.3 is 5.32 Å². The molecule has 0 aliphatic carbocycles. The van der Waals surface area contributed by atoms with Crippen molar-refractivity contribution in [2.24, 2.45) is 0 Å². The molecule has 30 heavy (non-hydrogen) atoms. The quantitative estimate of drug-likeness (QED) is 0.383. The number of amides is 1. The number of anilines is 1. The highest BCUT2D eigenvalue weighted by molar-refractivity contribution is 6.31. The van der Waals surface area contributed by atoms with Crippen LogP contribution in [-0.2, 0) is 0 Å². The first kappa shape index (κ1) is 20.4. The zero-order chi connectivity index (χ0) is 21.3. The van der Waals surface area contributed by atoms with Gasteiger partial charge in [0.05, 0.1) is 5.69 Å². The fourth-order valence-corrected chi connectivity index (χ4v) is 3.43. The van der Waals surface area contributed by atoms with Crippen molar-refractivity contribution < 1.29 is 4.79 Å². The summed E-state index contributed by atoms with van der Waals surface area (Å²) in [6, 6.07) is 19.5. The zero-order valence-electron chi connectivity index (χ0n) is 15.7. The van der Waals surface area contributed by atoms with E-state index in [1.807, 2.05) is 31.2 Å². The highest BCUT2D eigenvalue weighted by Crippen LogP contribution is 2.27. The molecule has 0 fully saturated rings. The molecule has 0 saturated carbocycles. The van der Waals surface area contributed by atoms with E-state index in [-0.39, 0.29) is 5.82 Å². The van der Waals surface area contributed by atoms with E-state index in [1.165, 1.54) is 0 Å². The number of carbonyl (C=O) groups is 1. The van der Waals surface area contributed by atoms with E-state index < -0.39 is 5.91 Å². The topological polar surface area (TPSA) is 59.8 Å². The summed E-state index contributed by atoms with van der Waals surface area (Å²) in [6.45, 7) is 1.89. The number of hydrogen-bond acceptors (Lipinski definition) is 3. The van der Waals surface area contributed by atoms with Crippen molar-refractivity contribution >= 4 is 46.4 Å². The van der Waals surface area contributed by atoms with Crippen LogP contribution in [0.1, 0.15) is 16.2 Å². The Balaban J connectivity index is 1.80. The van der Waals surface area contributed by atoms with Crippen LogP contribution >= 0.6 is 34.8 Å². The molecule has 1 N–H and O–H groups in total. The Morgan fingerprint density at radius 2 is 1.67 bits per heavy atom. The molecule has 1 heterocycles. The molecule has 3 aromatic carbocycles. The predicted molar refractivity (Wildman–Crippen MR) is 121 cm³/mol. The van der Waals surface area contributed by atoms with Crippen LogP contribution in [0, 0.1) is 6.92 Å². The molecule has 1 amide bonds. The number of carbonyl (C=O) groups excluding carboxylic acids is 1. The van der Waals surface area contributed by atoms with E-state index in [4.69, 9.17) is 34.8 Å². The fourth-order valence-electron chi connectivity index (χ4n) is 2.94. The molecular weight excluding hydrogens is 443 g/mol. The summed E-state index contributed by atoms with van der Waals surface area (Å²) in [5.74, 6) is 0.0542. The van der Waals surface area contributed by atoms with Gasteiger partial charge in [-0.15, -0.1) is 5.10 Å². The minimum absolute atomic E-state index is 0.0132. The molecule has 4 aromatic rings. The monoisotopic (exact) mass is 456 g/mol. The van der Waals surface area contributed by atoms with Gasteiger partial charge in [0.15, 0.2) is 5.82 Å². The number of benzene rings is 3. The van der Waals surface area contributed by atoms with Crippen LogP contribution in [0.4, 0.5) is 5.69 Å². The minimum Gasteiger partial charge on any atom is -0.319 e. The Labute approximate surface area is 188 Å². The Kier molecular flexibility index (Phi) is 5.77. The molecule has 8 heteroatoms. The molecule has 0 aliphatic rings. The highest BCUT2D eigenvalue weighted by Gasteiger charge is 2.20. The average molecular weight is 458 g/mol. The smallest absolute Gasteiger partial charge is 0.295 e. The van der Waals surface area contributed by atoms with Gasteiger partial charge in [0.25, 0.3) is 5.91 Å². The van der Waals surface area contributed by atoms with Gasteiger partial charge in [-0.2, -0.15) is 0 Å². The highest BCUT2D eigenvalue weighted by atomic mass is 35.5. The van der Waals surface area contributed by atoms with E-state index in [9.17, 15) is 4.79 Å². The van der Waals surface area contributed by atoms with Crippen LogP contribution in [0.3, 0.4) is 0 Å². The summed E-state index contributed by atoms with van der Waals surface area (Å²) in [5.41, 5.74) is 2.85. The average Bonchev–Trinajstić information content (AvgIpc) is 3.16. The van der Waals surface area contributed by atoms with Crippen molar-refractivity contribution in [2.45, 2.75) is 6.92 Å². The molecule has 0 aliphatic heterocycles. The number of hydrogen-bond donors (Lipinski definition) is 1. The third kappa shape index (κ3) is 4.19. The fraction of sp³-hybridized carbons (Fsp3) is 0.0455. The number of aromatic nitrogens is 3. The van der Waals surface area contributed by atoms with Crippen LogP contribution in [0.15, 0.2) is 66.7 Å². The SMILES string of the molecule is Cc1c(Cl)cccc1-n1nc(C(=O)Nc2cccc(Cl)c2)nc1-c1ccc(Cl)cc1. The van der Waals surface area contributed by atoms with Gasteiger partial charge in [0, 0.05) is 26.3 Å². The normalized spacial score (nSPS) is 10.8. The number of rotatable bonds is 4. The van der Waals surface area contributed by atoms with E-state index in [0.29, 0.717) is 26.6 Å². The second kappa shape index (κ2) is 8.48. The zero-order valence-corrected chi connectivity index (χ0v) is 18.0. The largest absolute Gasteiger partial charge is 0.319 e. The first-order chi connectivity index (χ1) is 14.4. The molecule has 1 aromatic heterocycles. The van der Waals surface area contributed by atoms with Gasteiger partial charge in [-0.05, 0) is 67.1 Å². The summed E-state index contributed by atoms with van der Waals surface area (Å²) in [7, 11) is 0. The maximum atomic E-state index is 12.8. The summed E-state index contributed by atoms with van der Waals surface area (Å²) < 4.78 is 1.61. The van der Waals surface area contributed by atoms with Gasteiger partial charge in [-0.25, -0.2) is 9.67 Å². The first-order valence-electron chi connectivity index (χ1n) is 8.98. The van der Waals surface area contributed by atoms with Crippen molar-refractivity contribution in [1.29, 1.82) is 0 Å². The van der Waals surface area contributed by atoms with E-state index in [2.05, 4.69) is 15.4 Å². The molecule has 0 unspecified atom stereocenters. The van der Waals surface area contributed by atoms with Gasteiger partial charge in [-0.3, -0.25) is 4.79 Å². The standard InChI is InChI=1S/C22H15Cl3N4O/c1-13-18(25)6-3-7-19(13)29-21(14-8-10-15(23)11-9-14)27-20(28-29)22(30)26-17-5-2-4-16(24)12-17/h2-12H,1H3,(H,26,30). The number of nitrogens with zero attached hydrogens (tertiary/aromatic N) is 3.